The highest BCUT2D eigenvalue weighted by atomic mass is 16.7. The van der Waals surface area contributed by atoms with E-state index in [-0.39, 0.29) is 57.4 Å². The molecule has 48 heavy (non-hydrogen) atoms. The molecule has 8 aliphatic rings. The molecule has 5 saturated carbocycles. The van der Waals surface area contributed by atoms with E-state index < -0.39 is 23.9 Å². The average Bonchev–Trinajstić information content (AvgIpc) is 3.64. The van der Waals surface area contributed by atoms with Gasteiger partial charge in [0.05, 0.1) is 43.2 Å². The fourth-order valence-electron chi connectivity index (χ4n) is 14.2. The van der Waals surface area contributed by atoms with E-state index in [0.717, 1.165) is 45.2 Å². The van der Waals surface area contributed by atoms with Crippen molar-refractivity contribution < 1.29 is 34.3 Å². The van der Waals surface area contributed by atoms with Crippen molar-refractivity contribution in [3.8, 4) is 0 Å². The molecule has 1 amide bonds. The van der Waals surface area contributed by atoms with Crippen molar-refractivity contribution in [2.45, 2.75) is 149 Å². The van der Waals surface area contributed by atoms with E-state index in [1.165, 1.54) is 12.8 Å². The first-order chi connectivity index (χ1) is 22.5. The highest BCUT2D eigenvalue weighted by molar-refractivity contribution is 5.76. The number of aliphatic hydroxyl groups is 3. The lowest BCUT2D eigenvalue weighted by Crippen LogP contribution is -2.60. The predicted octanol–water partition coefficient (Wildman–Crippen LogP) is 4.11. The van der Waals surface area contributed by atoms with Crippen molar-refractivity contribution >= 4 is 5.91 Å². The van der Waals surface area contributed by atoms with Gasteiger partial charge >= 0.3 is 0 Å². The number of amides is 1. The van der Waals surface area contributed by atoms with Gasteiger partial charge in [-0.25, -0.2) is 0 Å². The van der Waals surface area contributed by atoms with E-state index in [4.69, 9.17) is 14.2 Å². The van der Waals surface area contributed by atoms with Crippen LogP contribution < -0.4 is 5.32 Å². The van der Waals surface area contributed by atoms with Gasteiger partial charge in [0.2, 0.25) is 5.91 Å². The Hall–Kier alpha value is -0.810. The van der Waals surface area contributed by atoms with Crippen molar-refractivity contribution in [1.29, 1.82) is 0 Å². The standard InChI is InChI=1S/C39H64N2O7/c1-22-16-24(32(43)35(4,5)45)47-31-30(22)36(6)12-13-39-21-38(39)11-10-27(34(2,3)25(38)8-9-26(39)37(36,7)33(31)44)48-29-20-41(14-15-46-29)28(42)17-23-18-40-19-23/h22-27,29-33,40,43-45H,8-21H2,1-7H3/t22-,24?,25+,26?,27?,29+,30+,31?,32+,33+,36-,37-,38-,39+/m1/s1. The van der Waals surface area contributed by atoms with E-state index >= 15 is 0 Å². The van der Waals surface area contributed by atoms with Gasteiger partial charge in [0.25, 0.3) is 0 Å². The van der Waals surface area contributed by atoms with E-state index in [2.05, 4.69) is 39.9 Å². The summed E-state index contributed by atoms with van der Waals surface area (Å²) in [6, 6.07) is 0. The predicted molar refractivity (Wildman–Crippen MR) is 181 cm³/mol. The van der Waals surface area contributed by atoms with Gasteiger partial charge in [-0.1, -0.05) is 34.6 Å². The van der Waals surface area contributed by atoms with E-state index in [1.807, 2.05) is 4.90 Å². The number of ether oxygens (including phenoxy) is 3. The Balaban J connectivity index is 0.994. The Morgan fingerprint density at radius 3 is 2.46 bits per heavy atom. The Kier molecular flexibility index (Phi) is 7.93. The third-order valence-electron chi connectivity index (χ3n) is 16.9. The Labute approximate surface area is 288 Å². The fraction of sp³-hybridized carbons (Fsp3) is 0.974. The van der Waals surface area contributed by atoms with Crippen LogP contribution in [0.1, 0.15) is 106 Å². The molecule has 8 rings (SSSR count). The molecule has 0 radical (unpaired) electrons. The maximum absolute atomic E-state index is 13.0. The van der Waals surface area contributed by atoms with Gasteiger partial charge in [-0.2, -0.15) is 0 Å². The quantitative estimate of drug-likeness (QED) is 0.333. The number of fused-ring (bicyclic) bond motifs is 4. The van der Waals surface area contributed by atoms with Crippen LogP contribution in [0, 0.1) is 56.7 Å². The number of carbonyl (C=O) groups excluding carboxylic acids is 1. The van der Waals surface area contributed by atoms with Crippen LogP contribution in [-0.4, -0.2) is 101 Å². The summed E-state index contributed by atoms with van der Waals surface area (Å²) < 4.78 is 19.7. The minimum Gasteiger partial charge on any atom is -0.390 e. The third-order valence-corrected chi connectivity index (χ3v) is 16.9. The first kappa shape index (κ1) is 34.3. The molecule has 0 bridgehead atoms. The average molecular weight is 673 g/mol. The van der Waals surface area contributed by atoms with Crippen molar-refractivity contribution in [2.24, 2.45) is 56.7 Å². The fourth-order valence-corrected chi connectivity index (χ4v) is 14.2. The first-order valence-corrected chi connectivity index (χ1v) is 19.5. The molecule has 0 aromatic heterocycles. The molecule has 0 aromatic rings. The number of rotatable bonds is 6. The van der Waals surface area contributed by atoms with Gasteiger partial charge in [-0.15, -0.1) is 0 Å². The third kappa shape index (κ3) is 4.55. The Morgan fingerprint density at radius 1 is 1.06 bits per heavy atom. The zero-order valence-electron chi connectivity index (χ0n) is 30.7. The monoisotopic (exact) mass is 672 g/mol. The van der Waals surface area contributed by atoms with Crippen molar-refractivity contribution in [3.63, 3.8) is 0 Å². The molecule has 0 aromatic carbocycles. The van der Waals surface area contributed by atoms with E-state index in [9.17, 15) is 20.1 Å². The van der Waals surface area contributed by atoms with Crippen LogP contribution in [-0.2, 0) is 19.0 Å². The molecule has 9 heteroatoms. The van der Waals surface area contributed by atoms with Crippen LogP contribution in [0.2, 0.25) is 0 Å². The lowest BCUT2D eigenvalue weighted by Gasteiger charge is -2.64. The van der Waals surface area contributed by atoms with E-state index in [0.29, 0.717) is 56.2 Å². The Morgan fingerprint density at radius 2 is 1.77 bits per heavy atom. The molecule has 4 N–H and O–H groups in total. The summed E-state index contributed by atoms with van der Waals surface area (Å²) in [6.45, 7) is 18.9. The van der Waals surface area contributed by atoms with Crippen molar-refractivity contribution in [2.75, 3.05) is 32.8 Å². The van der Waals surface area contributed by atoms with Crippen LogP contribution >= 0.6 is 0 Å². The molecule has 14 atom stereocenters. The van der Waals surface area contributed by atoms with Crippen LogP contribution in [0.4, 0.5) is 0 Å². The second-order valence-electron chi connectivity index (χ2n) is 19.6. The summed E-state index contributed by atoms with van der Waals surface area (Å²) in [5, 5.41) is 37.4. The minimum atomic E-state index is -1.26. The van der Waals surface area contributed by atoms with Crippen molar-refractivity contribution in [3.05, 3.63) is 0 Å². The molecule has 2 spiro atoms. The van der Waals surface area contributed by atoms with Gasteiger partial charge in [-0.3, -0.25) is 4.79 Å². The maximum Gasteiger partial charge on any atom is 0.223 e. The van der Waals surface area contributed by atoms with Crippen LogP contribution in [0.3, 0.4) is 0 Å². The number of hydrogen-bond donors (Lipinski definition) is 4. The minimum absolute atomic E-state index is 0.0119. The zero-order valence-corrected chi connectivity index (χ0v) is 30.7. The van der Waals surface area contributed by atoms with Gasteiger partial charge in [-0.05, 0) is 130 Å². The topological polar surface area (TPSA) is 121 Å². The summed E-state index contributed by atoms with van der Waals surface area (Å²) in [5.74, 6) is 2.22. The van der Waals surface area contributed by atoms with Crippen molar-refractivity contribution in [1.82, 2.24) is 10.2 Å². The summed E-state index contributed by atoms with van der Waals surface area (Å²) in [5.41, 5.74) is -1.04. The van der Waals surface area contributed by atoms with Gasteiger partial charge < -0.3 is 39.7 Å². The van der Waals surface area contributed by atoms with E-state index in [1.54, 1.807) is 13.8 Å². The molecular formula is C39H64N2O7. The highest BCUT2D eigenvalue weighted by Gasteiger charge is 2.84. The number of nitrogens with zero attached hydrogens (tertiary/aromatic N) is 1. The molecule has 3 aliphatic heterocycles. The largest absolute Gasteiger partial charge is 0.390 e. The number of nitrogens with one attached hydrogen (secondary N) is 1. The summed E-state index contributed by atoms with van der Waals surface area (Å²) in [6.07, 6.45) is 6.70. The van der Waals surface area contributed by atoms with Crippen LogP contribution in [0.25, 0.3) is 0 Å². The molecule has 5 aliphatic carbocycles. The number of morpholine rings is 1. The first-order valence-electron chi connectivity index (χ1n) is 19.5. The van der Waals surface area contributed by atoms with Gasteiger partial charge in [0.15, 0.2) is 6.29 Å². The number of aliphatic hydroxyl groups excluding tert-OH is 2. The lowest BCUT2D eigenvalue weighted by molar-refractivity contribution is -0.248. The normalized spacial score (nSPS) is 51.8. The molecule has 8 fully saturated rings. The molecule has 3 heterocycles. The smallest absolute Gasteiger partial charge is 0.223 e. The van der Waals surface area contributed by atoms with Crippen LogP contribution in [0.5, 0.6) is 0 Å². The molecule has 3 saturated heterocycles. The van der Waals surface area contributed by atoms with Crippen LogP contribution in [0.15, 0.2) is 0 Å². The summed E-state index contributed by atoms with van der Waals surface area (Å²) >= 11 is 0. The highest BCUT2D eigenvalue weighted by Crippen LogP contribution is 2.89. The van der Waals surface area contributed by atoms with Gasteiger partial charge in [0, 0.05) is 18.4 Å². The molecular weight excluding hydrogens is 608 g/mol. The summed E-state index contributed by atoms with van der Waals surface area (Å²) in [7, 11) is 0. The summed E-state index contributed by atoms with van der Waals surface area (Å²) in [4.78, 5) is 15.0. The lowest BCUT2D eigenvalue weighted by atomic mass is 9.41. The number of hydrogen-bond acceptors (Lipinski definition) is 8. The van der Waals surface area contributed by atoms with Gasteiger partial charge in [0.1, 0.15) is 6.10 Å². The SMILES string of the molecule is C[C@@H]1CC([C@H](O)C(C)(C)O)OC2[C@H]1[C@@]1(C)CC[C@@]34C[C@@]35CCC(O[C@H]3CN(C(=O)CC6CNC6)CCO3)C(C)(C)[C@@H]5CCC4[C@]1(C)[C@H]2O. The second-order valence-corrected chi connectivity index (χ2v) is 19.6. The number of carbonyl (C=O) groups is 1. The molecule has 272 valence electrons. The Bertz CT molecular complexity index is 1280. The molecule has 4 unspecified atom stereocenters. The maximum atomic E-state index is 13.0. The second kappa shape index (κ2) is 11.1. The zero-order chi connectivity index (χ0) is 34.2. The molecule has 9 nitrogen and oxygen atoms in total.